The molecule has 0 atom stereocenters. The van der Waals surface area contributed by atoms with Crippen LogP contribution in [0, 0.1) is 10.6 Å². The Bertz CT molecular complexity index is 250. The molecule has 11 heavy (non-hydrogen) atoms. The highest BCUT2D eigenvalue weighted by Gasteiger charge is 1.97. The molecule has 0 amide bonds. The fraction of sp³-hybridized carbons (Fsp3) is 0.375. The predicted octanol–water partition coefficient (Wildman–Crippen LogP) is 1.53. The van der Waals surface area contributed by atoms with E-state index in [2.05, 4.69) is 27.6 Å². The first-order valence-electron chi connectivity index (χ1n) is 3.46. The second kappa shape index (κ2) is 4.01. The number of aromatic nitrogens is 1. The molecule has 2 nitrogen and oxygen atoms in total. The molecule has 60 valence electrons. The van der Waals surface area contributed by atoms with Crippen LogP contribution in [0.5, 0.6) is 0 Å². The van der Waals surface area contributed by atoms with Gasteiger partial charge in [0.25, 0.3) is 0 Å². The Labute approximate surface area is 79.8 Å². The van der Waals surface area contributed by atoms with Crippen molar-refractivity contribution in [3.8, 4) is 0 Å². The van der Waals surface area contributed by atoms with Crippen LogP contribution in [-0.2, 0) is 6.42 Å². The highest BCUT2D eigenvalue weighted by molar-refractivity contribution is 14.1. The Morgan fingerprint density at radius 3 is 2.91 bits per heavy atom. The maximum atomic E-state index is 8.68. The van der Waals surface area contributed by atoms with Gasteiger partial charge in [-0.2, -0.15) is 0 Å². The molecule has 0 bridgehead atoms. The first-order valence-corrected chi connectivity index (χ1v) is 4.54. The van der Waals surface area contributed by atoms with Gasteiger partial charge in [0, 0.05) is 12.8 Å². The van der Waals surface area contributed by atoms with Crippen molar-refractivity contribution in [3.63, 3.8) is 0 Å². The molecule has 1 aromatic heterocycles. The lowest BCUT2D eigenvalue weighted by molar-refractivity contribution is 0.299. The summed E-state index contributed by atoms with van der Waals surface area (Å²) in [5, 5.41) is 8.68. The van der Waals surface area contributed by atoms with Crippen molar-refractivity contribution in [1.29, 1.82) is 0 Å². The number of pyridine rings is 1. The first kappa shape index (κ1) is 8.93. The van der Waals surface area contributed by atoms with E-state index in [1.807, 2.05) is 19.2 Å². The molecule has 1 aromatic rings. The monoisotopic (exact) mass is 263 g/mol. The molecule has 0 aliphatic carbocycles. The van der Waals surface area contributed by atoms with E-state index in [9.17, 15) is 0 Å². The summed E-state index contributed by atoms with van der Waals surface area (Å²) in [4.78, 5) is 4.13. The van der Waals surface area contributed by atoms with Gasteiger partial charge in [0.05, 0.1) is 0 Å². The highest BCUT2D eigenvalue weighted by atomic mass is 127. The van der Waals surface area contributed by atoms with Gasteiger partial charge < -0.3 is 5.11 Å². The molecule has 3 heteroatoms. The minimum atomic E-state index is 0.198. The fourth-order valence-corrected chi connectivity index (χ4v) is 1.54. The molecule has 1 rings (SSSR count). The third-order valence-corrected chi connectivity index (χ3v) is 2.16. The van der Waals surface area contributed by atoms with Gasteiger partial charge >= 0.3 is 0 Å². The van der Waals surface area contributed by atoms with Crippen LogP contribution in [0.25, 0.3) is 0 Å². The first-order chi connectivity index (χ1) is 5.24. The summed E-state index contributed by atoms with van der Waals surface area (Å²) in [6, 6.07) is 2.02. The second-order valence-corrected chi connectivity index (χ2v) is 3.51. The van der Waals surface area contributed by atoms with Crippen molar-refractivity contribution in [2.45, 2.75) is 13.3 Å². The fourth-order valence-electron chi connectivity index (χ4n) is 0.932. The van der Waals surface area contributed by atoms with Crippen molar-refractivity contribution in [1.82, 2.24) is 4.98 Å². The molecule has 0 aromatic carbocycles. The summed E-state index contributed by atoms with van der Waals surface area (Å²) < 4.78 is 1.00. The Morgan fingerprint density at radius 1 is 1.64 bits per heavy atom. The summed E-state index contributed by atoms with van der Waals surface area (Å²) in [5.41, 5.74) is 2.34. The molecule has 0 radical (unpaired) electrons. The highest BCUT2D eigenvalue weighted by Crippen LogP contribution is 2.09. The van der Waals surface area contributed by atoms with Crippen LogP contribution in [0.3, 0.4) is 0 Å². The SMILES string of the molecule is Cc1cc(I)ncc1CCO. The van der Waals surface area contributed by atoms with Gasteiger partial charge in [-0.15, -0.1) is 0 Å². The lowest BCUT2D eigenvalue weighted by atomic mass is 10.1. The van der Waals surface area contributed by atoms with Gasteiger partial charge in [-0.25, -0.2) is 0 Å². The average Bonchev–Trinajstić information content (AvgIpc) is 1.95. The Morgan fingerprint density at radius 2 is 2.36 bits per heavy atom. The molecule has 0 spiro atoms. The van der Waals surface area contributed by atoms with Crippen LogP contribution in [0.15, 0.2) is 12.3 Å². The molecule has 0 saturated heterocycles. The quantitative estimate of drug-likeness (QED) is 0.648. The van der Waals surface area contributed by atoms with Crippen molar-refractivity contribution < 1.29 is 5.11 Å². The summed E-state index contributed by atoms with van der Waals surface area (Å²) in [5.74, 6) is 0. The molecule has 0 aliphatic rings. The van der Waals surface area contributed by atoms with Gasteiger partial charge in [-0.1, -0.05) is 0 Å². The Hall–Kier alpha value is -0.160. The third-order valence-electron chi connectivity index (χ3n) is 1.57. The summed E-state index contributed by atoms with van der Waals surface area (Å²) in [6.45, 7) is 2.23. The van der Waals surface area contributed by atoms with Crippen LogP contribution in [0.2, 0.25) is 0 Å². The van der Waals surface area contributed by atoms with E-state index in [1.54, 1.807) is 0 Å². The lowest BCUT2D eigenvalue weighted by Gasteiger charge is -2.02. The van der Waals surface area contributed by atoms with Gasteiger partial charge in [-0.05, 0) is 53.1 Å². The van der Waals surface area contributed by atoms with Crippen LogP contribution < -0.4 is 0 Å². The maximum absolute atomic E-state index is 8.68. The minimum Gasteiger partial charge on any atom is -0.396 e. The third kappa shape index (κ3) is 2.41. The van der Waals surface area contributed by atoms with Crippen molar-refractivity contribution in [2.75, 3.05) is 6.61 Å². The zero-order valence-corrected chi connectivity index (χ0v) is 8.50. The van der Waals surface area contributed by atoms with Crippen LogP contribution in [0.4, 0.5) is 0 Å². The average molecular weight is 263 g/mol. The van der Waals surface area contributed by atoms with E-state index in [0.717, 1.165) is 9.26 Å². The Kier molecular flexibility index (Phi) is 3.26. The number of aliphatic hydroxyl groups excluding tert-OH is 1. The second-order valence-electron chi connectivity index (χ2n) is 2.41. The lowest BCUT2D eigenvalue weighted by Crippen LogP contribution is -1.96. The molecule has 0 saturated carbocycles. The van der Waals surface area contributed by atoms with Crippen LogP contribution in [0.1, 0.15) is 11.1 Å². The van der Waals surface area contributed by atoms with E-state index >= 15 is 0 Å². The summed E-state index contributed by atoms with van der Waals surface area (Å²) in [7, 11) is 0. The molecule has 0 unspecified atom stereocenters. The normalized spacial score (nSPS) is 10.1. The van der Waals surface area contributed by atoms with E-state index < -0.39 is 0 Å². The predicted molar refractivity (Wildman–Crippen MR) is 52.5 cm³/mol. The molecular formula is C8H10INO. The van der Waals surface area contributed by atoms with E-state index in [4.69, 9.17) is 5.11 Å². The molecule has 1 heterocycles. The number of hydrogen-bond donors (Lipinski definition) is 1. The standard InChI is InChI=1S/C8H10INO/c1-6-4-8(9)10-5-7(6)2-3-11/h4-5,11H,2-3H2,1H3. The van der Waals surface area contributed by atoms with Crippen molar-refractivity contribution >= 4 is 22.6 Å². The largest absolute Gasteiger partial charge is 0.396 e. The zero-order valence-electron chi connectivity index (χ0n) is 6.34. The van der Waals surface area contributed by atoms with Gasteiger partial charge in [0.2, 0.25) is 0 Å². The van der Waals surface area contributed by atoms with E-state index in [0.29, 0.717) is 6.42 Å². The maximum Gasteiger partial charge on any atom is 0.101 e. The number of nitrogens with zero attached hydrogens (tertiary/aromatic N) is 1. The molecule has 0 aliphatic heterocycles. The van der Waals surface area contributed by atoms with E-state index in [1.165, 1.54) is 5.56 Å². The number of aliphatic hydroxyl groups is 1. The number of aryl methyl sites for hydroxylation is 1. The van der Waals surface area contributed by atoms with Crippen LogP contribution >= 0.6 is 22.6 Å². The van der Waals surface area contributed by atoms with Crippen LogP contribution in [-0.4, -0.2) is 16.7 Å². The smallest absolute Gasteiger partial charge is 0.101 e. The number of hydrogen-bond acceptors (Lipinski definition) is 2. The minimum absolute atomic E-state index is 0.198. The summed E-state index contributed by atoms with van der Waals surface area (Å²) in [6.07, 6.45) is 2.53. The van der Waals surface area contributed by atoms with Gasteiger partial charge in [-0.3, -0.25) is 4.98 Å². The summed E-state index contributed by atoms with van der Waals surface area (Å²) >= 11 is 2.18. The topological polar surface area (TPSA) is 33.1 Å². The van der Waals surface area contributed by atoms with Crippen molar-refractivity contribution in [3.05, 3.63) is 27.1 Å². The van der Waals surface area contributed by atoms with Crippen molar-refractivity contribution in [2.24, 2.45) is 0 Å². The molecule has 0 fully saturated rings. The zero-order chi connectivity index (χ0) is 8.27. The van der Waals surface area contributed by atoms with Gasteiger partial charge in [0.15, 0.2) is 0 Å². The number of halogens is 1. The molecular weight excluding hydrogens is 253 g/mol. The van der Waals surface area contributed by atoms with Gasteiger partial charge in [0.1, 0.15) is 3.70 Å². The Balaban J connectivity index is 2.90. The molecule has 1 N–H and O–H groups in total. The van der Waals surface area contributed by atoms with E-state index in [-0.39, 0.29) is 6.61 Å². The number of rotatable bonds is 2.